The quantitative estimate of drug-likeness (QED) is 0.391. The van der Waals surface area contributed by atoms with Crippen LogP contribution in [0.3, 0.4) is 0 Å². The van der Waals surface area contributed by atoms with Crippen LogP contribution in [0.5, 0.6) is 0 Å². The second-order valence-electron chi connectivity index (χ2n) is 5.98. The SMILES string of the molecule is Cc1cc(C)c(N=CN(C)C=Nc2c(C)cc(C)cc2Br)c(Br)c1. The van der Waals surface area contributed by atoms with Gasteiger partial charge in [-0.2, -0.15) is 0 Å². The third kappa shape index (κ3) is 4.77. The van der Waals surface area contributed by atoms with Gasteiger partial charge in [0.1, 0.15) is 0 Å². The molecule has 0 fully saturated rings. The van der Waals surface area contributed by atoms with Crippen LogP contribution >= 0.6 is 31.9 Å². The Kier molecular flexibility index (Phi) is 6.35. The Bertz CT molecular complexity index is 697. The summed E-state index contributed by atoms with van der Waals surface area (Å²) in [6.45, 7) is 8.27. The molecule has 0 N–H and O–H groups in total. The molecular formula is C19H21Br2N3. The van der Waals surface area contributed by atoms with Crippen LogP contribution in [0.2, 0.25) is 0 Å². The van der Waals surface area contributed by atoms with Crippen molar-refractivity contribution in [3.05, 3.63) is 55.5 Å². The van der Waals surface area contributed by atoms with Crippen LogP contribution in [0.25, 0.3) is 0 Å². The lowest BCUT2D eigenvalue weighted by atomic mass is 10.1. The third-order valence-corrected chi connectivity index (χ3v) is 4.74. The molecule has 2 aromatic rings. The fourth-order valence-electron chi connectivity index (χ4n) is 2.47. The lowest BCUT2D eigenvalue weighted by molar-refractivity contribution is 0.801. The van der Waals surface area contributed by atoms with Gasteiger partial charge < -0.3 is 4.90 Å². The monoisotopic (exact) mass is 449 g/mol. The predicted molar refractivity (Wildman–Crippen MR) is 111 cm³/mol. The second-order valence-corrected chi connectivity index (χ2v) is 7.69. The molecule has 0 atom stereocenters. The highest BCUT2D eigenvalue weighted by atomic mass is 79.9. The first-order valence-electron chi connectivity index (χ1n) is 7.61. The van der Waals surface area contributed by atoms with E-state index < -0.39 is 0 Å². The summed E-state index contributed by atoms with van der Waals surface area (Å²) < 4.78 is 2.00. The fourth-order valence-corrected chi connectivity index (χ4v) is 4.02. The standard InChI is InChI=1S/C19H21Br2N3/c1-12-6-14(3)18(16(20)8-12)22-10-24(5)11-23-19-15(4)7-13(2)9-17(19)21/h6-11H,1-5H3. The van der Waals surface area contributed by atoms with Gasteiger partial charge in [-0.1, -0.05) is 12.1 Å². The molecule has 0 saturated heterocycles. The van der Waals surface area contributed by atoms with E-state index in [2.05, 4.69) is 93.8 Å². The van der Waals surface area contributed by atoms with E-state index in [4.69, 9.17) is 0 Å². The molecule has 0 bridgehead atoms. The first kappa shape index (κ1) is 18.9. The first-order chi connectivity index (χ1) is 11.3. The van der Waals surface area contributed by atoms with Crippen LogP contribution in [0, 0.1) is 27.7 Å². The molecule has 5 heteroatoms. The van der Waals surface area contributed by atoms with Crippen molar-refractivity contribution >= 4 is 55.9 Å². The second kappa shape index (κ2) is 8.08. The van der Waals surface area contributed by atoms with Gasteiger partial charge in [0.05, 0.1) is 24.1 Å². The number of hydrogen-bond acceptors (Lipinski definition) is 2. The molecule has 0 aromatic heterocycles. The minimum absolute atomic E-state index is 0.938. The van der Waals surface area contributed by atoms with Crippen molar-refractivity contribution in [3.8, 4) is 0 Å². The van der Waals surface area contributed by atoms with E-state index in [1.165, 1.54) is 11.1 Å². The molecule has 126 valence electrons. The molecular weight excluding hydrogens is 430 g/mol. The zero-order chi connectivity index (χ0) is 17.9. The first-order valence-corrected chi connectivity index (χ1v) is 9.20. The third-order valence-electron chi connectivity index (χ3n) is 3.53. The Morgan fingerprint density at radius 2 is 1.12 bits per heavy atom. The van der Waals surface area contributed by atoms with Gasteiger partial charge in [-0.05, 0) is 93.9 Å². The lowest BCUT2D eigenvalue weighted by Gasteiger charge is -2.09. The number of rotatable bonds is 4. The van der Waals surface area contributed by atoms with Crippen LogP contribution in [0.15, 0.2) is 43.2 Å². The zero-order valence-corrected chi connectivity index (χ0v) is 17.7. The molecule has 2 rings (SSSR count). The van der Waals surface area contributed by atoms with E-state index in [1.807, 2.05) is 11.9 Å². The van der Waals surface area contributed by atoms with Gasteiger partial charge >= 0.3 is 0 Å². The number of aliphatic imine (C=N–C) groups is 2. The molecule has 0 aliphatic rings. The normalized spacial score (nSPS) is 11.6. The molecule has 2 aromatic carbocycles. The summed E-state index contributed by atoms with van der Waals surface area (Å²) in [6.07, 6.45) is 3.53. The minimum Gasteiger partial charge on any atom is -0.326 e. The number of halogens is 2. The molecule has 0 saturated carbocycles. The molecule has 0 amide bonds. The summed E-state index contributed by atoms with van der Waals surface area (Å²) in [5, 5.41) is 0. The van der Waals surface area contributed by atoms with Crippen molar-refractivity contribution in [2.45, 2.75) is 27.7 Å². The van der Waals surface area contributed by atoms with E-state index in [0.29, 0.717) is 0 Å². The summed E-state index contributed by atoms with van der Waals surface area (Å²) in [4.78, 5) is 11.0. The van der Waals surface area contributed by atoms with Crippen molar-refractivity contribution in [1.29, 1.82) is 0 Å². The minimum atomic E-state index is 0.938. The van der Waals surface area contributed by atoms with E-state index in [9.17, 15) is 0 Å². The van der Waals surface area contributed by atoms with Crippen molar-refractivity contribution in [1.82, 2.24) is 4.90 Å². The van der Waals surface area contributed by atoms with Gasteiger partial charge in [0.15, 0.2) is 0 Å². The van der Waals surface area contributed by atoms with Crippen molar-refractivity contribution < 1.29 is 0 Å². The van der Waals surface area contributed by atoms with Crippen molar-refractivity contribution in [2.24, 2.45) is 9.98 Å². The maximum absolute atomic E-state index is 4.57. The smallest absolute Gasteiger partial charge is 0.0961 e. The van der Waals surface area contributed by atoms with Gasteiger partial charge in [-0.15, -0.1) is 0 Å². The zero-order valence-electron chi connectivity index (χ0n) is 14.6. The summed E-state index contributed by atoms with van der Waals surface area (Å²) in [5.41, 5.74) is 6.59. The average molecular weight is 451 g/mol. The molecule has 0 radical (unpaired) electrons. The number of hydrogen-bond donors (Lipinski definition) is 0. The molecule has 0 unspecified atom stereocenters. The maximum Gasteiger partial charge on any atom is 0.0961 e. The van der Waals surface area contributed by atoms with Crippen LogP contribution in [0.4, 0.5) is 11.4 Å². The Morgan fingerprint density at radius 1 is 0.750 bits per heavy atom. The lowest BCUT2D eigenvalue weighted by Crippen LogP contribution is -2.12. The highest BCUT2D eigenvalue weighted by Crippen LogP contribution is 2.31. The Balaban J connectivity index is 2.18. The Hall–Kier alpha value is -1.46. The largest absolute Gasteiger partial charge is 0.326 e. The summed E-state index contributed by atoms with van der Waals surface area (Å²) in [5.74, 6) is 0. The van der Waals surface area contributed by atoms with Crippen molar-refractivity contribution in [2.75, 3.05) is 7.05 Å². The fraction of sp³-hybridized carbons (Fsp3) is 0.263. The molecule has 3 nitrogen and oxygen atoms in total. The van der Waals surface area contributed by atoms with Gasteiger partial charge in [0, 0.05) is 16.0 Å². The van der Waals surface area contributed by atoms with E-state index in [1.54, 1.807) is 12.7 Å². The molecule has 0 heterocycles. The molecule has 24 heavy (non-hydrogen) atoms. The van der Waals surface area contributed by atoms with Gasteiger partial charge in [-0.3, -0.25) is 0 Å². The summed E-state index contributed by atoms with van der Waals surface area (Å²) >= 11 is 7.15. The highest BCUT2D eigenvalue weighted by molar-refractivity contribution is 9.11. The Labute approximate surface area is 160 Å². The average Bonchev–Trinajstić information content (AvgIpc) is 2.44. The van der Waals surface area contributed by atoms with Gasteiger partial charge in [0.25, 0.3) is 0 Å². The van der Waals surface area contributed by atoms with Crippen molar-refractivity contribution in [3.63, 3.8) is 0 Å². The van der Waals surface area contributed by atoms with Crippen LogP contribution in [-0.2, 0) is 0 Å². The molecule has 0 aliphatic heterocycles. The van der Waals surface area contributed by atoms with E-state index >= 15 is 0 Å². The van der Waals surface area contributed by atoms with Crippen LogP contribution < -0.4 is 0 Å². The van der Waals surface area contributed by atoms with Gasteiger partial charge in [0.2, 0.25) is 0 Å². The number of nitrogens with zero attached hydrogens (tertiary/aromatic N) is 3. The van der Waals surface area contributed by atoms with E-state index in [0.717, 1.165) is 31.4 Å². The summed E-state index contributed by atoms with van der Waals surface area (Å²) in [7, 11) is 1.92. The van der Waals surface area contributed by atoms with Gasteiger partial charge in [-0.25, -0.2) is 9.98 Å². The predicted octanol–water partition coefficient (Wildman–Crippen LogP) is 6.40. The number of benzene rings is 2. The topological polar surface area (TPSA) is 28.0 Å². The molecule has 0 aliphatic carbocycles. The Morgan fingerprint density at radius 3 is 1.46 bits per heavy atom. The molecule has 0 spiro atoms. The summed E-state index contributed by atoms with van der Waals surface area (Å²) in [6, 6.07) is 8.39. The number of aryl methyl sites for hydroxylation is 4. The maximum atomic E-state index is 4.57. The highest BCUT2D eigenvalue weighted by Gasteiger charge is 2.04. The van der Waals surface area contributed by atoms with Crippen LogP contribution in [-0.4, -0.2) is 24.6 Å². The van der Waals surface area contributed by atoms with E-state index in [-0.39, 0.29) is 0 Å². The van der Waals surface area contributed by atoms with Crippen LogP contribution in [0.1, 0.15) is 22.3 Å².